The third-order valence-corrected chi connectivity index (χ3v) is 2.81. The lowest BCUT2D eigenvalue weighted by molar-refractivity contribution is -0.117. The number of rotatable bonds is 4. The number of hydrogen-bond acceptors (Lipinski definition) is 5. The Morgan fingerprint density at radius 1 is 1.35 bits per heavy atom. The van der Waals surface area contributed by atoms with Gasteiger partial charge in [0.25, 0.3) is 5.91 Å². The van der Waals surface area contributed by atoms with Crippen molar-refractivity contribution >= 4 is 33.4 Å². The maximum Gasteiger partial charge on any atom is 0.251 e. The van der Waals surface area contributed by atoms with Crippen LogP contribution in [-0.4, -0.2) is 16.7 Å². The van der Waals surface area contributed by atoms with E-state index in [1.165, 1.54) is 18.3 Å². The highest BCUT2D eigenvalue weighted by molar-refractivity contribution is 9.10. The Labute approximate surface area is 122 Å². The van der Waals surface area contributed by atoms with Crippen LogP contribution in [0.5, 0.6) is 0 Å². The molecule has 20 heavy (non-hydrogen) atoms. The number of carbonyl (C=O) groups is 2. The molecule has 0 aromatic carbocycles. The molecular weight excluding hydrogens is 326 g/mol. The summed E-state index contributed by atoms with van der Waals surface area (Å²) in [4.78, 5) is 27.8. The van der Waals surface area contributed by atoms with Gasteiger partial charge in [0.05, 0.1) is 6.07 Å². The van der Waals surface area contributed by atoms with Gasteiger partial charge in [-0.2, -0.15) is 5.26 Å². The molecule has 7 heteroatoms. The number of aromatic nitrogens is 1. The normalized spacial score (nSPS) is 11.4. The molecule has 2 aromatic rings. The highest BCUT2D eigenvalue weighted by Gasteiger charge is 2.30. The van der Waals surface area contributed by atoms with Gasteiger partial charge in [0, 0.05) is 6.20 Å². The molecule has 1 atom stereocenters. The first-order chi connectivity index (χ1) is 9.61. The monoisotopic (exact) mass is 333 g/mol. The van der Waals surface area contributed by atoms with Crippen molar-refractivity contribution in [2.24, 2.45) is 5.92 Å². The molecule has 100 valence electrons. The van der Waals surface area contributed by atoms with Gasteiger partial charge >= 0.3 is 0 Å². The number of ketones is 1. The Morgan fingerprint density at radius 3 is 2.70 bits per heavy atom. The molecule has 1 N–H and O–H groups in total. The lowest BCUT2D eigenvalue weighted by Gasteiger charge is -2.07. The third kappa shape index (κ3) is 3.10. The summed E-state index contributed by atoms with van der Waals surface area (Å²) in [6.45, 7) is 0. The first-order valence-corrected chi connectivity index (χ1v) is 6.32. The molecule has 0 aliphatic carbocycles. The second-order valence-electron chi connectivity index (χ2n) is 3.73. The van der Waals surface area contributed by atoms with Crippen molar-refractivity contribution in [1.82, 2.24) is 4.98 Å². The number of pyridine rings is 1. The zero-order chi connectivity index (χ0) is 14.5. The number of hydrogen-bond donors (Lipinski definition) is 1. The van der Waals surface area contributed by atoms with E-state index in [2.05, 4.69) is 26.2 Å². The first kappa shape index (κ1) is 14.0. The van der Waals surface area contributed by atoms with Crippen LogP contribution >= 0.6 is 15.9 Å². The lowest BCUT2D eigenvalue weighted by Crippen LogP contribution is -2.28. The number of nitrogens with one attached hydrogen (secondary N) is 1. The number of nitrogens with zero attached hydrogens (tertiary/aromatic N) is 2. The van der Waals surface area contributed by atoms with Crippen LogP contribution in [0.4, 0.5) is 5.82 Å². The van der Waals surface area contributed by atoms with Gasteiger partial charge < -0.3 is 9.73 Å². The number of furan rings is 1. The topological polar surface area (TPSA) is 96.0 Å². The largest absolute Gasteiger partial charge is 0.446 e. The first-order valence-electron chi connectivity index (χ1n) is 5.53. The molecule has 0 spiro atoms. The minimum Gasteiger partial charge on any atom is -0.446 e. The van der Waals surface area contributed by atoms with Crippen LogP contribution in [-0.2, 0) is 4.79 Å². The maximum absolute atomic E-state index is 12.0. The van der Waals surface area contributed by atoms with Gasteiger partial charge in [-0.05, 0) is 40.2 Å². The summed E-state index contributed by atoms with van der Waals surface area (Å²) in [5, 5.41) is 11.4. The van der Waals surface area contributed by atoms with Crippen molar-refractivity contribution in [3.8, 4) is 6.07 Å². The van der Waals surface area contributed by atoms with Crippen LogP contribution in [0, 0.1) is 17.2 Å². The molecule has 0 aliphatic rings. The van der Waals surface area contributed by atoms with Gasteiger partial charge in [-0.3, -0.25) is 9.59 Å². The van der Waals surface area contributed by atoms with E-state index in [1.54, 1.807) is 24.3 Å². The van der Waals surface area contributed by atoms with Crippen molar-refractivity contribution in [3.63, 3.8) is 0 Å². The van der Waals surface area contributed by atoms with Crippen LogP contribution in [0.3, 0.4) is 0 Å². The fourth-order valence-corrected chi connectivity index (χ4v) is 1.77. The van der Waals surface area contributed by atoms with E-state index in [-0.39, 0.29) is 11.6 Å². The highest BCUT2D eigenvalue weighted by atomic mass is 79.9. The predicted octanol–water partition coefficient (Wildman–Crippen LogP) is 2.40. The summed E-state index contributed by atoms with van der Waals surface area (Å²) < 4.78 is 5.40. The molecule has 0 fully saturated rings. The standard InChI is InChI=1S/C13H8BrN3O3/c14-10-5-4-9(20-10)12(18)8(7-15)13(19)17-11-3-1-2-6-16-11/h1-6,8H,(H,16,17,19)/t8-/m0/s1. The van der Waals surface area contributed by atoms with E-state index >= 15 is 0 Å². The average Bonchev–Trinajstić information content (AvgIpc) is 2.87. The van der Waals surface area contributed by atoms with Crippen molar-refractivity contribution in [1.29, 1.82) is 5.26 Å². The fourth-order valence-electron chi connectivity index (χ4n) is 1.46. The van der Waals surface area contributed by atoms with Gasteiger partial charge in [-0.1, -0.05) is 6.07 Å². The molecule has 0 aliphatic heterocycles. The van der Waals surface area contributed by atoms with Crippen molar-refractivity contribution in [2.75, 3.05) is 5.32 Å². The number of anilines is 1. The second-order valence-corrected chi connectivity index (χ2v) is 4.52. The Bertz CT molecular complexity index is 676. The molecule has 2 aromatic heterocycles. The van der Waals surface area contributed by atoms with Crippen molar-refractivity contribution in [3.05, 3.63) is 47.0 Å². The predicted molar refractivity (Wildman–Crippen MR) is 72.7 cm³/mol. The summed E-state index contributed by atoms with van der Waals surface area (Å²) in [6.07, 6.45) is 1.49. The minimum absolute atomic E-state index is 0.0559. The maximum atomic E-state index is 12.0. The Morgan fingerprint density at radius 2 is 2.15 bits per heavy atom. The number of Topliss-reactive ketones (excluding diaryl/α,β-unsaturated/α-hetero) is 1. The second kappa shape index (κ2) is 6.12. The smallest absolute Gasteiger partial charge is 0.251 e. The van der Waals surface area contributed by atoms with Crippen LogP contribution in [0.1, 0.15) is 10.6 Å². The Kier molecular flexibility index (Phi) is 4.27. The van der Waals surface area contributed by atoms with Crippen molar-refractivity contribution < 1.29 is 14.0 Å². The van der Waals surface area contributed by atoms with Crippen LogP contribution < -0.4 is 5.32 Å². The zero-order valence-electron chi connectivity index (χ0n) is 10.0. The molecule has 0 radical (unpaired) electrons. The van der Waals surface area contributed by atoms with Crippen LogP contribution in [0.2, 0.25) is 0 Å². The van der Waals surface area contributed by atoms with Crippen LogP contribution in [0.25, 0.3) is 0 Å². The quantitative estimate of drug-likeness (QED) is 0.684. The molecule has 2 rings (SSSR count). The fraction of sp³-hybridized carbons (Fsp3) is 0.0769. The molecule has 0 unspecified atom stereocenters. The van der Waals surface area contributed by atoms with E-state index in [0.717, 1.165) is 0 Å². The summed E-state index contributed by atoms with van der Waals surface area (Å²) in [5.74, 6) is -2.73. The third-order valence-electron chi connectivity index (χ3n) is 2.39. The number of halogens is 1. The zero-order valence-corrected chi connectivity index (χ0v) is 11.6. The highest BCUT2D eigenvalue weighted by Crippen LogP contribution is 2.18. The molecule has 6 nitrogen and oxygen atoms in total. The van der Waals surface area contributed by atoms with Crippen LogP contribution in [0.15, 0.2) is 45.6 Å². The number of amides is 1. The molecule has 0 saturated carbocycles. The van der Waals surface area contributed by atoms with E-state index < -0.39 is 17.6 Å². The Hall–Kier alpha value is -2.46. The summed E-state index contributed by atoms with van der Waals surface area (Å²) in [5.41, 5.74) is 0. The number of nitriles is 1. The number of carbonyl (C=O) groups excluding carboxylic acids is 2. The average molecular weight is 334 g/mol. The summed E-state index contributed by atoms with van der Waals surface area (Å²) >= 11 is 3.05. The van der Waals surface area contributed by atoms with Gasteiger partial charge in [0.15, 0.2) is 16.3 Å². The summed E-state index contributed by atoms with van der Waals surface area (Å²) in [7, 11) is 0. The van der Waals surface area contributed by atoms with E-state index in [9.17, 15) is 9.59 Å². The van der Waals surface area contributed by atoms with E-state index in [0.29, 0.717) is 4.67 Å². The Balaban J connectivity index is 2.14. The molecule has 2 heterocycles. The van der Waals surface area contributed by atoms with Gasteiger partial charge in [0.2, 0.25) is 5.78 Å². The van der Waals surface area contributed by atoms with Crippen molar-refractivity contribution in [2.45, 2.75) is 0 Å². The molecule has 0 bridgehead atoms. The summed E-state index contributed by atoms with van der Waals surface area (Å²) in [6, 6.07) is 9.49. The van der Waals surface area contributed by atoms with Gasteiger partial charge in [-0.15, -0.1) is 0 Å². The SMILES string of the molecule is N#C[C@H](C(=O)Nc1ccccn1)C(=O)c1ccc(Br)o1. The molecule has 0 saturated heterocycles. The lowest BCUT2D eigenvalue weighted by atomic mass is 10.0. The molecular formula is C13H8BrN3O3. The van der Waals surface area contributed by atoms with E-state index in [4.69, 9.17) is 9.68 Å². The van der Waals surface area contributed by atoms with Gasteiger partial charge in [0.1, 0.15) is 5.82 Å². The minimum atomic E-state index is -1.49. The molecule has 1 amide bonds. The van der Waals surface area contributed by atoms with E-state index in [1.807, 2.05) is 0 Å². The van der Waals surface area contributed by atoms with Gasteiger partial charge in [-0.25, -0.2) is 4.98 Å².